The fraction of sp³-hybridized carbons (Fsp3) is 0.462. The first kappa shape index (κ1) is 12.9. The summed E-state index contributed by atoms with van der Waals surface area (Å²) >= 11 is 0. The van der Waals surface area contributed by atoms with E-state index in [1.54, 1.807) is 0 Å². The summed E-state index contributed by atoms with van der Waals surface area (Å²) in [5.41, 5.74) is 0. The van der Waals surface area contributed by atoms with Crippen LogP contribution in [0.4, 0.5) is 0 Å². The molecule has 0 amide bonds. The summed E-state index contributed by atoms with van der Waals surface area (Å²) in [6, 6.07) is 8.96. The Morgan fingerprint density at radius 2 is 2.11 bits per heavy atom. The molecule has 0 aliphatic carbocycles. The molecule has 1 heterocycles. The molecule has 0 unspecified atom stereocenters. The molecule has 2 rings (SSSR count). The summed E-state index contributed by atoms with van der Waals surface area (Å²) in [5.74, 6) is 0.422. The maximum absolute atomic E-state index is 11.6. The van der Waals surface area contributed by atoms with Crippen LogP contribution in [0.25, 0.3) is 0 Å². The van der Waals surface area contributed by atoms with Crippen LogP contribution in [-0.2, 0) is 9.53 Å². The number of aliphatic hydroxyl groups is 1. The van der Waals surface area contributed by atoms with Crippen molar-refractivity contribution < 1.29 is 19.4 Å². The summed E-state index contributed by atoms with van der Waals surface area (Å²) in [4.78, 5) is 11.6. The van der Waals surface area contributed by atoms with E-state index in [1.165, 1.54) is 0 Å². The Balaban J connectivity index is 1.62. The molecule has 5 heteroatoms. The number of para-hydroxylation sites is 1. The first-order valence-electron chi connectivity index (χ1n) is 6.01. The van der Waals surface area contributed by atoms with Crippen molar-refractivity contribution in [1.82, 2.24) is 5.32 Å². The van der Waals surface area contributed by atoms with E-state index >= 15 is 0 Å². The molecule has 5 nitrogen and oxygen atoms in total. The van der Waals surface area contributed by atoms with Gasteiger partial charge in [0.1, 0.15) is 25.0 Å². The highest BCUT2D eigenvalue weighted by atomic mass is 16.6. The van der Waals surface area contributed by atoms with Crippen molar-refractivity contribution in [2.45, 2.75) is 18.6 Å². The molecule has 18 heavy (non-hydrogen) atoms. The normalized spacial score (nSPS) is 22.7. The number of esters is 1. The first-order valence-corrected chi connectivity index (χ1v) is 6.01. The Bertz CT molecular complexity index is 382. The molecule has 98 valence electrons. The minimum atomic E-state index is -0.455. The van der Waals surface area contributed by atoms with E-state index in [0.717, 1.165) is 5.75 Å². The number of carbonyl (C=O) groups is 1. The molecular weight excluding hydrogens is 234 g/mol. The van der Waals surface area contributed by atoms with Crippen LogP contribution in [-0.4, -0.2) is 43.0 Å². The lowest BCUT2D eigenvalue weighted by Crippen LogP contribution is -2.33. The average molecular weight is 251 g/mol. The molecule has 1 aliphatic rings. The Morgan fingerprint density at radius 1 is 1.33 bits per heavy atom. The number of β-amino-alcohol motifs (C(OH)–C–C–N with tert-alkyl or cyclic N) is 1. The zero-order valence-electron chi connectivity index (χ0n) is 10.0. The molecule has 1 saturated heterocycles. The van der Waals surface area contributed by atoms with Crippen molar-refractivity contribution >= 4 is 5.97 Å². The maximum atomic E-state index is 11.6. The first-order chi connectivity index (χ1) is 8.75. The lowest BCUT2D eigenvalue weighted by molar-refractivity contribution is -0.146. The Kier molecular flexibility index (Phi) is 4.55. The molecular formula is C13H17NO4. The monoisotopic (exact) mass is 251 g/mol. The Morgan fingerprint density at radius 3 is 2.78 bits per heavy atom. The van der Waals surface area contributed by atoms with Gasteiger partial charge in [-0.25, -0.2) is 0 Å². The molecule has 2 atom stereocenters. The van der Waals surface area contributed by atoms with Gasteiger partial charge in [-0.05, 0) is 12.1 Å². The zero-order valence-corrected chi connectivity index (χ0v) is 10.0. The van der Waals surface area contributed by atoms with Crippen LogP contribution in [0.15, 0.2) is 30.3 Å². The van der Waals surface area contributed by atoms with Gasteiger partial charge >= 0.3 is 5.97 Å². The van der Waals surface area contributed by atoms with Gasteiger partial charge in [0.2, 0.25) is 0 Å². The van der Waals surface area contributed by atoms with Crippen LogP contribution in [0.3, 0.4) is 0 Å². The second-order valence-electron chi connectivity index (χ2n) is 4.18. The van der Waals surface area contributed by atoms with E-state index in [9.17, 15) is 9.90 Å². The third-order valence-electron chi connectivity index (χ3n) is 2.73. The highest BCUT2D eigenvalue weighted by Gasteiger charge is 2.29. The largest absolute Gasteiger partial charge is 0.490 e. The Labute approximate surface area is 106 Å². The van der Waals surface area contributed by atoms with Gasteiger partial charge in [-0.2, -0.15) is 0 Å². The zero-order chi connectivity index (χ0) is 12.8. The highest BCUT2D eigenvalue weighted by Crippen LogP contribution is 2.09. The van der Waals surface area contributed by atoms with E-state index in [-0.39, 0.29) is 12.6 Å². The van der Waals surface area contributed by atoms with Crippen molar-refractivity contribution in [3.63, 3.8) is 0 Å². The van der Waals surface area contributed by atoms with Crippen LogP contribution in [0, 0.1) is 0 Å². The second-order valence-corrected chi connectivity index (χ2v) is 4.18. The number of nitrogens with one attached hydrogen (secondary N) is 1. The van der Waals surface area contributed by atoms with Crippen molar-refractivity contribution in [3.8, 4) is 5.75 Å². The number of rotatable bonds is 5. The van der Waals surface area contributed by atoms with E-state index in [2.05, 4.69) is 5.32 Å². The summed E-state index contributed by atoms with van der Waals surface area (Å²) in [6.07, 6.45) is -0.0404. The summed E-state index contributed by atoms with van der Waals surface area (Å²) in [7, 11) is 0. The van der Waals surface area contributed by atoms with Gasteiger partial charge < -0.3 is 19.9 Å². The average Bonchev–Trinajstić information content (AvgIpc) is 2.82. The van der Waals surface area contributed by atoms with Crippen LogP contribution in [0.2, 0.25) is 0 Å². The summed E-state index contributed by atoms with van der Waals surface area (Å²) < 4.78 is 10.5. The van der Waals surface area contributed by atoms with Crippen LogP contribution >= 0.6 is 0 Å². The molecule has 0 radical (unpaired) electrons. The van der Waals surface area contributed by atoms with E-state index in [1.807, 2.05) is 30.3 Å². The molecule has 0 bridgehead atoms. The molecule has 0 saturated carbocycles. The summed E-state index contributed by atoms with van der Waals surface area (Å²) in [5, 5.41) is 12.2. The van der Waals surface area contributed by atoms with Gasteiger partial charge in [0.25, 0.3) is 0 Å². The van der Waals surface area contributed by atoms with E-state index in [0.29, 0.717) is 19.6 Å². The number of ether oxygens (including phenoxy) is 2. The van der Waals surface area contributed by atoms with Crippen LogP contribution < -0.4 is 10.1 Å². The Hall–Kier alpha value is -1.59. The van der Waals surface area contributed by atoms with Gasteiger partial charge in [-0.1, -0.05) is 18.2 Å². The van der Waals surface area contributed by atoms with Crippen molar-refractivity contribution in [2.24, 2.45) is 0 Å². The van der Waals surface area contributed by atoms with Gasteiger partial charge in [0.15, 0.2) is 0 Å². The topological polar surface area (TPSA) is 67.8 Å². The number of hydrogen-bond donors (Lipinski definition) is 2. The van der Waals surface area contributed by atoms with Gasteiger partial charge in [0, 0.05) is 13.0 Å². The quantitative estimate of drug-likeness (QED) is 0.583. The molecule has 1 aromatic rings. The molecule has 2 N–H and O–H groups in total. The van der Waals surface area contributed by atoms with Gasteiger partial charge in [-0.15, -0.1) is 0 Å². The molecule has 1 fully saturated rings. The van der Waals surface area contributed by atoms with Gasteiger partial charge in [0.05, 0.1) is 6.10 Å². The minimum absolute atomic E-state index is 0.210. The van der Waals surface area contributed by atoms with Crippen LogP contribution in [0.5, 0.6) is 5.75 Å². The third-order valence-corrected chi connectivity index (χ3v) is 2.73. The number of hydrogen-bond acceptors (Lipinski definition) is 5. The standard InChI is InChI=1S/C13H17NO4/c15-10-8-12(14-9-10)13(16)18-7-6-17-11-4-2-1-3-5-11/h1-5,10,12,14-15H,6-9H2/t10-,12+/m1/s1. The molecule has 1 aliphatic heterocycles. The number of benzene rings is 1. The smallest absolute Gasteiger partial charge is 0.323 e. The number of aliphatic hydroxyl groups excluding tert-OH is 1. The predicted octanol–water partition coefficient (Wildman–Crippen LogP) is 0.331. The lowest BCUT2D eigenvalue weighted by atomic mass is 10.2. The van der Waals surface area contributed by atoms with Gasteiger partial charge in [-0.3, -0.25) is 4.79 Å². The third kappa shape index (κ3) is 3.72. The van der Waals surface area contributed by atoms with Crippen molar-refractivity contribution in [2.75, 3.05) is 19.8 Å². The molecule has 0 aromatic heterocycles. The second kappa shape index (κ2) is 6.37. The van der Waals surface area contributed by atoms with Crippen molar-refractivity contribution in [3.05, 3.63) is 30.3 Å². The van der Waals surface area contributed by atoms with E-state index in [4.69, 9.17) is 9.47 Å². The minimum Gasteiger partial charge on any atom is -0.490 e. The highest BCUT2D eigenvalue weighted by molar-refractivity contribution is 5.76. The molecule has 1 aromatic carbocycles. The SMILES string of the molecule is O=C(OCCOc1ccccc1)[C@@H]1C[C@@H](O)CN1. The number of carbonyl (C=O) groups excluding carboxylic acids is 1. The summed E-state index contributed by atoms with van der Waals surface area (Å²) in [6.45, 7) is 0.979. The predicted molar refractivity (Wildman–Crippen MR) is 65.3 cm³/mol. The van der Waals surface area contributed by atoms with E-state index < -0.39 is 12.1 Å². The van der Waals surface area contributed by atoms with Crippen LogP contribution in [0.1, 0.15) is 6.42 Å². The fourth-order valence-electron chi connectivity index (χ4n) is 1.82. The maximum Gasteiger partial charge on any atom is 0.323 e. The fourth-order valence-corrected chi connectivity index (χ4v) is 1.82. The van der Waals surface area contributed by atoms with Crippen molar-refractivity contribution in [1.29, 1.82) is 0 Å². The lowest BCUT2D eigenvalue weighted by Gasteiger charge is -2.10. The molecule has 0 spiro atoms.